The Labute approximate surface area is 125 Å². The van der Waals surface area contributed by atoms with Crippen LogP contribution >= 0.6 is 0 Å². The molecule has 0 spiro atoms. The minimum absolute atomic E-state index is 0.208. The van der Waals surface area contributed by atoms with Gasteiger partial charge in [-0.2, -0.15) is 17.4 Å². The normalized spacial score (nSPS) is 17.2. The summed E-state index contributed by atoms with van der Waals surface area (Å²) in [5.41, 5.74) is 2.17. The van der Waals surface area contributed by atoms with Crippen LogP contribution in [0.1, 0.15) is 30.9 Å². The quantitative estimate of drug-likeness (QED) is 0.824. The van der Waals surface area contributed by atoms with Crippen LogP contribution in [0.15, 0.2) is 24.3 Å². The highest BCUT2D eigenvalue weighted by atomic mass is 32.2. The number of fused-ring (bicyclic) bond motifs is 1. The standard InChI is InChI=1S/C14H20N2O4S/c1-2-13(9-14(17)18)15-21(19,20)16-8-7-11-5-3-4-6-12(11)10-16/h3-6,13,15H,2,7-10H2,1H3,(H,17,18). The van der Waals surface area contributed by atoms with Gasteiger partial charge in [0.05, 0.1) is 6.42 Å². The van der Waals surface area contributed by atoms with Gasteiger partial charge >= 0.3 is 5.97 Å². The van der Waals surface area contributed by atoms with Gasteiger partial charge in [0.2, 0.25) is 0 Å². The van der Waals surface area contributed by atoms with Gasteiger partial charge in [-0.3, -0.25) is 4.79 Å². The number of benzene rings is 1. The SMILES string of the molecule is CCC(CC(=O)O)NS(=O)(=O)N1CCc2ccccc2C1. The zero-order chi connectivity index (χ0) is 15.5. The van der Waals surface area contributed by atoms with Crippen LogP contribution in [0.4, 0.5) is 0 Å². The summed E-state index contributed by atoms with van der Waals surface area (Å²) in [5, 5.41) is 8.80. The highest BCUT2D eigenvalue weighted by molar-refractivity contribution is 7.87. The number of carboxylic acids is 1. The zero-order valence-corrected chi connectivity index (χ0v) is 12.8. The Morgan fingerprint density at radius 1 is 1.38 bits per heavy atom. The third-order valence-corrected chi connectivity index (χ3v) is 5.29. The Morgan fingerprint density at radius 3 is 2.67 bits per heavy atom. The molecule has 0 fully saturated rings. The molecule has 0 amide bonds. The highest BCUT2D eigenvalue weighted by Gasteiger charge is 2.28. The lowest BCUT2D eigenvalue weighted by molar-refractivity contribution is -0.137. The van der Waals surface area contributed by atoms with Crippen LogP contribution in [-0.2, 0) is 28.0 Å². The number of nitrogens with one attached hydrogen (secondary N) is 1. The van der Waals surface area contributed by atoms with E-state index < -0.39 is 22.2 Å². The Morgan fingerprint density at radius 2 is 2.05 bits per heavy atom. The van der Waals surface area contributed by atoms with Crippen LogP contribution in [0.2, 0.25) is 0 Å². The van der Waals surface area contributed by atoms with Gasteiger partial charge in [-0.1, -0.05) is 31.2 Å². The first-order valence-electron chi connectivity index (χ1n) is 6.98. The van der Waals surface area contributed by atoms with Gasteiger partial charge in [-0.15, -0.1) is 0 Å². The van der Waals surface area contributed by atoms with E-state index in [1.165, 1.54) is 9.87 Å². The van der Waals surface area contributed by atoms with Gasteiger partial charge in [0.1, 0.15) is 0 Å². The van der Waals surface area contributed by atoms with Crippen LogP contribution in [-0.4, -0.2) is 36.4 Å². The van der Waals surface area contributed by atoms with Crippen LogP contribution in [0.5, 0.6) is 0 Å². The number of hydrogen-bond donors (Lipinski definition) is 2. The molecule has 1 unspecified atom stereocenters. The summed E-state index contributed by atoms with van der Waals surface area (Å²) >= 11 is 0. The summed E-state index contributed by atoms with van der Waals surface area (Å²) in [4.78, 5) is 10.7. The monoisotopic (exact) mass is 312 g/mol. The van der Waals surface area contributed by atoms with Gasteiger partial charge in [-0.25, -0.2) is 0 Å². The van der Waals surface area contributed by atoms with Crippen molar-refractivity contribution >= 4 is 16.2 Å². The third-order valence-electron chi connectivity index (χ3n) is 3.66. The number of carbonyl (C=O) groups is 1. The van der Waals surface area contributed by atoms with Gasteiger partial charge < -0.3 is 5.11 Å². The summed E-state index contributed by atoms with van der Waals surface area (Å²) in [6, 6.07) is 7.19. The summed E-state index contributed by atoms with van der Waals surface area (Å²) in [6.07, 6.45) is 0.906. The second-order valence-corrected chi connectivity index (χ2v) is 6.88. The van der Waals surface area contributed by atoms with Crippen molar-refractivity contribution in [3.05, 3.63) is 35.4 Å². The molecule has 1 heterocycles. The van der Waals surface area contributed by atoms with Crippen molar-refractivity contribution in [3.63, 3.8) is 0 Å². The number of carboxylic acid groups (broad SMARTS) is 1. The highest BCUT2D eigenvalue weighted by Crippen LogP contribution is 2.20. The molecule has 1 aromatic rings. The summed E-state index contributed by atoms with van der Waals surface area (Å²) < 4.78 is 28.6. The van der Waals surface area contributed by atoms with E-state index in [1.807, 2.05) is 24.3 Å². The molecular weight excluding hydrogens is 292 g/mol. The lowest BCUT2D eigenvalue weighted by atomic mass is 10.0. The molecular formula is C14H20N2O4S. The average Bonchev–Trinajstić information content (AvgIpc) is 2.45. The topological polar surface area (TPSA) is 86.7 Å². The first kappa shape index (κ1) is 15.9. The molecule has 1 aliphatic rings. The van der Waals surface area contributed by atoms with Gasteiger partial charge in [-0.05, 0) is 24.0 Å². The van der Waals surface area contributed by atoms with Crippen molar-refractivity contribution in [1.29, 1.82) is 0 Å². The number of hydrogen-bond acceptors (Lipinski definition) is 3. The fourth-order valence-corrected chi connectivity index (χ4v) is 3.90. The molecule has 0 saturated carbocycles. The molecule has 0 aliphatic carbocycles. The second kappa shape index (κ2) is 6.55. The molecule has 1 aliphatic heterocycles. The fourth-order valence-electron chi connectivity index (χ4n) is 2.44. The first-order valence-corrected chi connectivity index (χ1v) is 8.42. The number of rotatable bonds is 6. The van der Waals surface area contributed by atoms with Crippen molar-refractivity contribution in [1.82, 2.24) is 9.03 Å². The third kappa shape index (κ3) is 4.03. The van der Waals surface area contributed by atoms with E-state index in [2.05, 4.69) is 4.72 Å². The fraction of sp³-hybridized carbons (Fsp3) is 0.500. The van der Waals surface area contributed by atoms with E-state index in [0.29, 0.717) is 25.9 Å². The molecule has 7 heteroatoms. The van der Waals surface area contributed by atoms with E-state index in [-0.39, 0.29) is 6.42 Å². The number of aliphatic carboxylic acids is 1. The predicted molar refractivity (Wildman–Crippen MR) is 78.9 cm³/mol. The Bertz CT molecular complexity index is 615. The Hall–Kier alpha value is -1.44. The lowest BCUT2D eigenvalue weighted by Crippen LogP contribution is -2.47. The molecule has 2 N–H and O–H groups in total. The van der Waals surface area contributed by atoms with Crippen molar-refractivity contribution < 1.29 is 18.3 Å². The second-order valence-electron chi connectivity index (χ2n) is 5.18. The zero-order valence-electron chi connectivity index (χ0n) is 11.9. The summed E-state index contributed by atoms with van der Waals surface area (Å²) in [5.74, 6) is -1.01. The molecule has 116 valence electrons. The first-order chi connectivity index (χ1) is 9.92. The lowest BCUT2D eigenvalue weighted by Gasteiger charge is -2.29. The minimum Gasteiger partial charge on any atom is -0.481 e. The molecule has 2 rings (SSSR count). The van der Waals surface area contributed by atoms with Gasteiger partial charge in [0, 0.05) is 19.1 Å². The van der Waals surface area contributed by atoms with Gasteiger partial charge in [0.25, 0.3) is 10.2 Å². The van der Waals surface area contributed by atoms with Crippen molar-refractivity contribution in [2.75, 3.05) is 6.54 Å². The molecule has 0 radical (unpaired) electrons. The van der Waals surface area contributed by atoms with E-state index in [0.717, 1.165) is 5.56 Å². The number of nitrogens with zero attached hydrogens (tertiary/aromatic N) is 1. The van der Waals surface area contributed by atoms with E-state index in [1.54, 1.807) is 6.92 Å². The summed E-state index contributed by atoms with van der Waals surface area (Å²) in [7, 11) is -3.66. The van der Waals surface area contributed by atoms with Crippen molar-refractivity contribution in [2.45, 2.75) is 38.8 Å². The molecule has 1 atom stereocenters. The van der Waals surface area contributed by atoms with Gasteiger partial charge in [0.15, 0.2) is 0 Å². The maximum Gasteiger partial charge on any atom is 0.304 e. The molecule has 6 nitrogen and oxygen atoms in total. The minimum atomic E-state index is -3.66. The van der Waals surface area contributed by atoms with E-state index in [9.17, 15) is 13.2 Å². The van der Waals surface area contributed by atoms with Crippen LogP contribution < -0.4 is 4.72 Å². The van der Waals surface area contributed by atoms with Crippen molar-refractivity contribution in [2.24, 2.45) is 0 Å². The molecule has 0 aromatic heterocycles. The smallest absolute Gasteiger partial charge is 0.304 e. The van der Waals surface area contributed by atoms with Crippen molar-refractivity contribution in [3.8, 4) is 0 Å². The predicted octanol–water partition coefficient (Wildman–Crippen LogP) is 1.13. The molecule has 21 heavy (non-hydrogen) atoms. The average molecular weight is 312 g/mol. The summed E-state index contributed by atoms with van der Waals surface area (Å²) in [6.45, 7) is 2.51. The van der Waals surface area contributed by atoms with Crippen LogP contribution in [0.25, 0.3) is 0 Å². The molecule has 0 saturated heterocycles. The Balaban J connectivity index is 2.09. The maximum absolute atomic E-state index is 12.4. The van der Waals surface area contributed by atoms with Crippen LogP contribution in [0, 0.1) is 0 Å². The van der Waals surface area contributed by atoms with Crippen LogP contribution in [0.3, 0.4) is 0 Å². The molecule has 1 aromatic carbocycles. The maximum atomic E-state index is 12.4. The Kier molecular flexibility index (Phi) is 4.97. The molecule has 0 bridgehead atoms. The largest absolute Gasteiger partial charge is 0.481 e. The van der Waals surface area contributed by atoms with E-state index in [4.69, 9.17) is 5.11 Å². The van der Waals surface area contributed by atoms with E-state index >= 15 is 0 Å².